The second-order valence-corrected chi connectivity index (χ2v) is 2.03. The van der Waals surface area contributed by atoms with Crippen LogP contribution in [0.2, 0.25) is 0 Å². The Morgan fingerprint density at radius 2 is 1.82 bits per heavy atom. The van der Waals surface area contributed by atoms with Gasteiger partial charge in [-0.1, -0.05) is 18.2 Å². The van der Waals surface area contributed by atoms with Gasteiger partial charge in [0.05, 0.1) is 0 Å². The van der Waals surface area contributed by atoms with E-state index in [1.165, 1.54) is 0 Å². The summed E-state index contributed by atoms with van der Waals surface area (Å²) in [6, 6.07) is 9.21. The molecule has 0 aliphatic rings. The maximum absolute atomic E-state index is 8.78. The van der Waals surface area contributed by atoms with Crippen molar-refractivity contribution in [1.82, 2.24) is 6.15 Å². The first-order chi connectivity index (χ1) is 4.79. The van der Waals surface area contributed by atoms with Gasteiger partial charge < -0.3 is 16.0 Å². The molecule has 0 bridgehead atoms. The summed E-state index contributed by atoms with van der Waals surface area (Å²) in [5.41, 5.74) is 0. The molecule has 3 heteroatoms. The monoisotopic (exact) mass is 155 g/mol. The van der Waals surface area contributed by atoms with E-state index in [2.05, 4.69) is 0 Å². The highest BCUT2D eigenvalue weighted by molar-refractivity contribution is 5.20. The van der Waals surface area contributed by atoms with E-state index in [0.29, 0.717) is 5.75 Å². The SMILES string of the molecule is CC(O)Oc1ccccc1.N. The first kappa shape index (κ1) is 9.94. The van der Waals surface area contributed by atoms with Crippen LogP contribution >= 0.6 is 0 Å². The van der Waals surface area contributed by atoms with Crippen LogP contribution in [-0.4, -0.2) is 11.4 Å². The molecule has 1 rings (SSSR count). The van der Waals surface area contributed by atoms with Crippen molar-refractivity contribution in [3.63, 3.8) is 0 Å². The minimum Gasteiger partial charge on any atom is -0.465 e. The molecule has 0 heterocycles. The number of ether oxygens (including phenoxy) is 1. The van der Waals surface area contributed by atoms with Gasteiger partial charge in [-0.15, -0.1) is 0 Å². The van der Waals surface area contributed by atoms with Crippen LogP contribution < -0.4 is 10.9 Å². The molecule has 1 atom stereocenters. The summed E-state index contributed by atoms with van der Waals surface area (Å²) < 4.78 is 4.97. The van der Waals surface area contributed by atoms with Gasteiger partial charge in [0.1, 0.15) is 5.75 Å². The zero-order chi connectivity index (χ0) is 7.40. The molecular weight excluding hydrogens is 142 g/mol. The normalized spacial score (nSPS) is 11.5. The first-order valence-corrected chi connectivity index (χ1v) is 3.19. The lowest BCUT2D eigenvalue weighted by atomic mass is 10.3. The summed E-state index contributed by atoms with van der Waals surface area (Å²) in [6.45, 7) is 1.58. The molecule has 0 fully saturated rings. The topological polar surface area (TPSA) is 64.5 Å². The molecule has 62 valence electrons. The second-order valence-electron chi connectivity index (χ2n) is 2.03. The fourth-order valence-corrected chi connectivity index (χ4v) is 0.696. The predicted octanol–water partition coefficient (Wildman–Crippen LogP) is 1.57. The minimum atomic E-state index is -0.734. The van der Waals surface area contributed by atoms with E-state index in [0.717, 1.165) is 0 Å². The van der Waals surface area contributed by atoms with Crippen molar-refractivity contribution < 1.29 is 9.84 Å². The molecule has 0 saturated heterocycles. The van der Waals surface area contributed by atoms with E-state index < -0.39 is 6.29 Å². The lowest BCUT2D eigenvalue weighted by molar-refractivity contribution is -0.000286. The van der Waals surface area contributed by atoms with Crippen LogP contribution in [0, 0.1) is 0 Å². The van der Waals surface area contributed by atoms with Gasteiger partial charge in [-0.2, -0.15) is 0 Å². The van der Waals surface area contributed by atoms with Crippen LogP contribution in [0.25, 0.3) is 0 Å². The van der Waals surface area contributed by atoms with Crippen molar-refractivity contribution in [3.05, 3.63) is 30.3 Å². The summed E-state index contributed by atoms with van der Waals surface area (Å²) in [6.07, 6.45) is -0.734. The largest absolute Gasteiger partial charge is 0.465 e. The maximum atomic E-state index is 8.78. The Hall–Kier alpha value is -1.06. The Morgan fingerprint density at radius 3 is 2.27 bits per heavy atom. The minimum absolute atomic E-state index is 0. The van der Waals surface area contributed by atoms with E-state index in [4.69, 9.17) is 9.84 Å². The average molecular weight is 155 g/mol. The van der Waals surface area contributed by atoms with Gasteiger partial charge in [0.25, 0.3) is 0 Å². The third kappa shape index (κ3) is 3.60. The molecule has 4 N–H and O–H groups in total. The van der Waals surface area contributed by atoms with Crippen LogP contribution in [-0.2, 0) is 0 Å². The molecule has 0 saturated carbocycles. The first-order valence-electron chi connectivity index (χ1n) is 3.19. The van der Waals surface area contributed by atoms with Crippen molar-refractivity contribution in [2.24, 2.45) is 0 Å². The summed E-state index contributed by atoms with van der Waals surface area (Å²) in [5, 5.41) is 8.78. The van der Waals surface area contributed by atoms with Crippen molar-refractivity contribution in [2.75, 3.05) is 0 Å². The highest BCUT2D eigenvalue weighted by Crippen LogP contribution is 2.08. The van der Waals surface area contributed by atoms with Gasteiger partial charge in [0.2, 0.25) is 0 Å². The fourth-order valence-electron chi connectivity index (χ4n) is 0.696. The van der Waals surface area contributed by atoms with E-state index >= 15 is 0 Å². The van der Waals surface area contributed by atoms with Crippen LogP contribution in [0.1, 0.15) is 6.92 Å². The summed E-state index contributed by atoms with van der Waals surface area (Å²) in [5.74, 6) is 0.692. The average Bonchev–Trinajstić information content (AvgIpc) is 1.88. The Kier molecular flexibility index (Phi) is 4.26. The molecule has 1 aromatic rings. The molecular formula is C8H13NO2. The van der Waals surface area contributed by atoms with Gasteiger partial charge in [-0.25, -0.2) is 0 Å². The Bertz CT molecular complexity index is 187. The third-order valence-electron chi connectivity index (χ3n) is 1.05. The van der Waals surface area contributed by atoms with Crippen LogP contribution in [0.4, 0.5) is 0 Å². The van der Waals surface area contributed by atoms with Crippen molar-refractivity contribution in [3.8, 4) is 5.75 Å². The molecule has 0 radical (unpaired) electrons. The highest BCUT2D eigenvalue weighted by atomic mass is 16.6. The number of para-hydroxylation sites is 1. The number of benzene rings is 1. The van der Waals surface area contributed by atoms with Crippen LogP contribution in [0.15, 0.2) is 30.3 Å². The highest BCUT2D eigenvalue weighted by Gasteiger charge is 1.94. The Labute approximate surface area is 66.2 Å². The summed E-state index contributed by atoms with van der Waals surface area (Å²) in [4.78, 5) is 0. The van der Waals surface area contributed by atoms with Gasteiger partial charge in [0, 0.05) is 0 Å². The van der Waals surface area contributed by atoms with Crippen molar-refractivity contribution in [1.29, 1.82) is 0 Å². The molecule has 0 aliphatic carbocycles. The van der Waals surface area contributed by atoms with E-state index in [1.54, 1.807) is 19.1 Å². The van der Waals surface area contributed by atoms with E-state index in [-0.39, 0.29) is 6.15 Å². The van der Waals surface area contributed by atoms with Gasteiger partial charge in [0.15, 0.2) is 6.29 Å². The molecule has 1 aromatic carbocycles. The summed E-state index contributed by atoms with van der Waals surface area (Å²) in [7, 11) is 0. The van der Waals surface area contributed by atoms with Crippen LogP contribution in [0.3, 0.4) is 0 Å². The molecule has 11 heavy (non-hydrogen) atoms. The Balaban J connectivity index is 0.000001000. The quantitative estimate of drug-likeness (QED) is 0.637. The summed E-state index contributed by atoms with van der Waals surface area (Å²) >= 11 is 0. The molecule has 3 nitrogen and oxygen atoms in total. The molecule has 0 aliphatic heterocycles. The van der Waals surface area contributed by atoms with Crippen molar-refractivity contribution >= 4 is 0 Å². The zero-order valence-corrected chi connectivity index (χ0v) is 6.53. The number of hydrogen-bond acceptors (Lipinski definition) is 3. The number of aliphatic hydroxyl groups is 1. The van der Waals surface area contributed by atoms with Gasteiger partial charge in [-0.05, 0) is 19.1 Å². The maximum Gasteiger partial charge on any atom is 0.194 e. The number of rotatable bonds is 2. The lowest BCUT2D eigenvalue weighted by Gasteiger charge is -2.06. The van der Waals surface area contributed by atoms with Gasteiger partial charge >= 0.3 is 0 Å². The van der Waals surface area contributed by atoms with E-state index in [9.17, 15) is 0 Å². The smallest absolute Gasteiger partial charge is 0.194 e. The fraction of sp³-hybridized carbons (Fsp3) is 0.250. The van der Waals surface area contributed by atoms with Crippen LogP contribution in [0.5, 0.6) is 5.75 Å². The number of hydrogen-bond donors (Lipinski definition) is 2. The van der Waals surface area contributed by atoms with E-state index in [1.807, 2.05) is 18.2 Å². The third-order valence-corrected chi connectivity index (χ3v) is 1.05. The molecule has 0 aromatic heterocycles. The zero-order valence-electron chi connectivity index (χ0n) is 6.53. The molecule has 1 unspecified atom stereocenters. The second kappa shape index (κ2) is 4.71. The number of aliphatic hydroxyl groups excluding tert-OH is 1. The Morgan fingerprint density at radius 1 is 1.27 bits per heavy atom. The van der Waals surface area contributed by atoms with Gasteiger partial charge in [-0.3, -0.25) is 0 Å². The van der Waals surface area contributed by atoms with Crippen molar-refractivity contribution in [2.45, 2.75) is 13.2 Å². The molecule has 0 amide bonds. The predicted molar refractivity (Wildman–Crippen MR) is 43.8 cm³/mol. The lowest BCUT2D eigenvalue weighted by Crippen LogP contribution is -2.08. The standard InChI is InChI=1S/C8H10O2.H3N/c1-7(9)10-8-5-3-2-4-6-8;/h2-7,9H,1H3;1H3. The molecule has 0 spiro atoms.